The second-order valence-electron chi connectivity index (χ2n) is 6.23. The summed E-state index contributed by atoms with van der Waals surface area (Å²) in [6, 6.07) is 7.91. The Morgan fingerprint density at radius 1 is 1.19 bits per heavy atom. The number of piperazine rings is 1. The molecule has 1 aliphatic heterocycles. The molecule has 0 saturated carbocycles. The molecule has 0 bridgehead atoms. The molecule has 26 heavy (non-hydrogen) atoms. The first-order valence-corrected chi connectivity index (χ1v) is 9.85. The molecular formula is C17H22N4O4S. The number of hydrogen-bond acceptors (Lipinski definition) is 6. The average molecular weight is 378 g/mol. The number of nitrogens with one attached hydrogen (secondary N) is 1. The first-order chi connectivity index (χ1) is 12.4. The molecule has 0 radical (unpaired) electrons. The first kappa shape index (κ1) is 18.6. The normalized spacial score (nSPS) is 16.0. The molecule has 1 aliphatic rings. The van der Waals surface area contributed by atoms with Crippen molar-refractivity contribution in [1.82, 2.24) is 19.7 Å². The first-order valence-electron chi connectivity index (χ1n) is 8.36. The van der Waals surface area contributed by atoms with Gasteiger partial charge in [-0.3, -0.25) is 9.69 Å². The lowest BCUT2D eigenvalue weighted by Gasteiger charge is -2.34. The number of hydrogen-bond donors (Lipinski definition) is 1. The molecule has 1 N–H and O–H groups in total. The van der Waals surface area contributed by atoms with Crippen molar-refractivity contribution in [2.24, 2.45) is 0 Å². The highest BCUT2D eigenvalue weighted by Crippen LogP contribution is 2.15. The Hall–Kier alpha value is -2.23. The standard InChI is InChI=1S/C17H22N4O4S/c1-13-11-15(25-19-13)12-20-7-9-21(10-8-20)17(22)14-3-5-16(6-4-14)26(23,24)18-2/h3-6,11,18H,7-10,12H2,1-2H3. The molecule has 1 saturated heterocycles. The van der Waals surface area contributed by atoms with E-state index in [4.69, 9.17) is 4.52 Å². The van der Waals surface area contributed by atoms with Gasteiger partial charge >= 0.3 is 0 Å². The number of aryl methyl sites for hydroxylation is 1. The summed E-state index contributed by atoms with van der Waals surface area (Å²) in [5, 5.41) is 3.88. The van der Waals surface area contributed by atoms with Gasteiger partial charge in [0.2, 0.25) is 10.0 Å². The van der Waals surface area contributed by atoms with Crippen LogP contribution in [-0.2, 0) is 16.6 Å². The van der Waals surface area contributed by atoms with Crippen molar-refractivity contribution in [1.29, 1.82) is 0 Å². The Labute approximate surface area is 152 Å². The number of carbonyl (C=O) groups is 1. The third kappa shape index (κ3) is 4.12. The number of nitrogens with zero attached hydrogens (tertiary/aromatic N) is 3. The van der Waals surface area contributed by atoms with Gasteiger partial charge in [0.15, 0.2) is 5.76 Å². The Morgan fingerprint density at radius 2 is 1.85 bits per heavy atom. The van der Waals surface area contributed by atoms with Crippen LogP contribution in [0.2, 0.25) is 0 Å². The summed E-state index contributed by atoms with van der Waals surface area (Å²) in [5.74, 6) is 0.733. The van der Waals surface area contributed by atoms with E-state index < -0.39 is 10.0 Å². The van der Waals surface area contributed by atoms with Crippen molar-refractivity contribution >= 4 is 15.9 Å². The van der Waals surface area contributed by atoms with Crippen molar-refractivity contribution in [3.63, 3.8) is 0 Å². The minimum Gasteiger partial charge on any atom is -0.360 e. The number of benzene rings is 1. The van der Waals surface area contributed by atoms with Crippen molar-refractivity contribution in [2.75, 3.05) is 33.2 Å². The Kier molecular flexibility index (Phi) is 5.40. The summed E-state index contributed by atoms with van der Waals surface area (Å²) in [4.78, 5) is 16.8. The van der Waals surface area contributed by atoms with Crippen LogP contribution in [0.5, 0.6) is 0 Å². The predicted octanol–water partition coefficient (Wildman–Crippen LogP) is 0.849. The van der Waals surface area contributed by atoms with E-state index in [1.807, 2.05) is 13.0 Å². The summed E-state index contributed by atoms with van der Waals surface area (Å²) in [6.07, 6.45) is 0. The van der Waals surface area contributed by atoms with E-state index in [0.717, 1.165) is 24.5 Å². The molecular weight excluding hydrogens is 356 g/mol. The summed E-state index contributed by atoms with van der Waals surface area (Å²) in [7, 11) is -2.14. The monoisotopic (exact) mass is 378 g/mol. The summed E-state index contributed by atoms with van der Waals surface area (Å²) < 4.78 is 31.0. The van der Waals surface area contributed by atoms with Crippen LogP contribution in [0.25, 0.3) is 0 Å². The maximum atomic E-state index is 12.6. The minimum atomic E-state index is -3.50. The van der Waals surface area contributed by atoms with Crippen molar-refractivity contribution in [3.8, 4) is 0 Å². The van der Waals surface area contributed by atoms with E-state index in [1.165, 1.54) is 19.2 Å². The second kappa shape index (κ2) is 7.56. The van der Waals surface area contributed by atoms with E-state index in [9.17, 15) is 13.2 Å². The quantitative estimate of drug-likeness (QED) is 0.829. The molecule has 0 aliphatic carbocycles. The van der Waals surface area contributed by atoms with Crippen LogP contribution in [0, 0.1) is 6.92 Å². The minimum absolute atomic E-state index is 0.0893. The third-order valence-electron chi connectivity index (χ3n) is 4.40. The van der Waals surface area contributed by atoms with Crippen LogP contribution in [0.4, 0.5) is 0 Å². The molecule has 1 aromatic carbocycles. The zero-order valence-corrected chi connectivity index (χ0v) is 15.6. The number of sulfonamides is 1. The molecule has 0 unspecified atom stereocenters. The van der Waals surface area contributed by atoms with Gasteiger partial charge in [0, 0.05) is 37.8 Å². The van der Waals surface area contributed by atoms with Crippen LogP contribution < -0.4 is 4.72 Å². The molecule has 140 valence electrons. The van der Waals surface area contributed by atoms with Crippen molar-refractivity contribution in [2.45, 2.75) is 18.4 Å². The summed E-state index contributed by atoms with van der Waals surface area (Å²) >= 11 is 0. The molecule has 1 fully saturated rings. The van der Waals surface area contributed by atoms with Gasteiger partial charge in [-0.2, -0.15) is 0 Å². The predicted molar refractivity (Wildman–Crippen MR) is 95.1 cm³/mol. The van der Waals surface area contributed by atoms with Gasteiger partial charge in [0.05, 0.1) is 17.1 Å². The zero-order chi connectivity index (χ0) is 18.7. The van der Waals surface area contributed by atoms with E-state index in [0.29, 0.717) is 25.2 Å². The molecule has 2 heterocycles. The van der Waals surface area contributed by atoms with Gasteiger partial charge in [-0.25, -0.2) is 13.1 Å². The Balaban J connectivity index is 1.58. The topological polar surface area (TPSA) is 95.8 Å². The number of carbonyl (C=O) groups excluding carboxylic acids is 1. The fourth-order valence-corrected chi connectivity index (χ4v) is 3.63. The van der Waals surface area contributed by atoms with Crippen molar-refractivity contribution < 1.29 is 17.7 Å². The maximum Gasteiger partial charge on any atom is 0.253 e. The fraction of sp³-hybridized carbons (Fsp3) is 0.412. The highest BCUT2D eigenvalue weighted by molar-refractivity contribution is 7.89. The van der Waals surface area contributed by atoms with Crippen LogP contribution >= 0.6 is 0 Å². The SMILES string of the molecule is CNS(=O)(=O)c1ccc(C(=O)N2CCN(Cc3cc(C)no3)CC2)cc1. The average Bonchev–Trinajstić information content (AvgIpc) is 3.06. The smallest absolute Gasteiger partial charge is 0.253 e. The van der Waals surface area contributed by atoms with E-state index in [1.54, 1.807) is 17.0 Å². The molecule has 8 nitrogen and oxygen atoms in total. The molecule has 2 aromatic rings. The number of rotatable bonds is 5. The van der Waals surface area contributed by atoms with Crippen LogP contribution in [0.3, 0.4) is 0 Å². The molecule has 0 atom stereocenters. The second-order valence-corrected chi connectivity index (χ2v) is 8.12. The third-order valence-corrected chi connectivity index (χ3v) is 5.83. The van der Waals surface area contributed by atoms with Gasteiger partial charge < -0.3 is 9.42 Å². The van der Waals surface area contributed by atoms with E-state index in [-0.39, 0.29) is 10.8 Å². The van der Waals surface area contributed by atoms with Crippen LogP contribution in [0.15, 0.2) is 39.8 Å². The van der Waals surface area contributed by atoms with Gasteiger partial charge in [0.1, 0.15) is 0 Å². The van der Waals surface area contributed by atoms with Gasteiger partial charge in [-0.05, 0) is 38.2 Å². The van der Waals surface area contributed by atoms with Crippen molar-refractivity contribution in [3.05, 3.63) is 47.3 Å². The molecule has 1 amide bonds. The molecule has 3 rings (SSSR count). The van der Waals surface area contributed by atoms with Crippen LogP contribution in [-0.4, -0.2) is 62.5 Å². The largest absolute Gasteiger partial charge is 0.360 e. The summed E-state index contributed by atoms with van der Waals surface area (Å²) in [5.41, 5.74) is 1.34. The Morgan fingerprint density at radius 3 is 2.38 bits per heavy atom. The molecule has 0 spiro atoms. The van der Waals surface area contributed by atoms with Gasteiger partial charge in [-0.15, -0.1) is 0 Å². The van der Waals surface area contributed by atoms with Gasteiger partial charge in [-0.1, -0.05) is 5.16 Å². The number of aromatic nitrogens is 1. The lowest BCUT2D eigenvalue weighted by atomic mass is 10.2. The maximum absolute atomic E-state index is 12.6. The molecule has 1 aromatic heterocycles. The fourth-order valence-electron chi connectivity index (χ4n) is 2.90. The molecule has 9 heteroatoms. The lowest BCUT2D eigenvalue weighted by molar-refractivity contribution is 0.0617. The van der Waals surface area contributed by atoms with E-state index >= 15 is 0 Å². The van der Waals surface area contributed by atoms with Crippen LogP contribution in [0.1, 0.15) is 21.8 Å². The number of amides is 1. The van der Waals surface area contributed by atoms with Gasteiger partial charge in [0.25, 0.3) is 5.91 Å². The van der Waals surface area contributed by atoms with E-state index in [2.05, 4.69) is 14.8 Å². The Bertz CT molecular complexity index is 868. The zero-order valence-electron chi connectivity index (χ0n) is 14.8. The highest BCUT2D eigenvalue weighted by Gasteiger charge is 2.23. The summed E-state index contributed by atoms with van der Waals surface area (Å²) in [6.45, 7) is 5.29. The highest BCUT2D eigenvalue weighted by atomic mass is 32.2. The lowest BCUT2D eigenvalue weighted by Crippen LogP contribution is -2.48.